The Kier molecular flexibility index (Phi) is 3.10. The normalized spacial score (nSPS) is 18.9. The SMILES string of the molecule is CCC1Oc2c(cc(N)c(Cl)c2Cl)N(C)C1=O. The lowest BCUT2D eigenvalue weighted by Gasteiger charge is -2.32. The number of carbonyl (C=O) groups is 1. The van der Waals surface area contributed by atoms with E-state index in [0.717, 1.165) is 0 Å². The van der Waals surface area contributed by atoms with Crippen molar-refractivity contribution < 1.29 is 9.53 Å². The number of nitrogens with two attached hydrogens (primary N) is 1. The van der Waals surface area contributed by atoms with Gasteiger partial charge in [0.1, 0.15) is 5.02 Å². The monoisotopic (exact) mass is 274 g/mol. The van der Waals surface area contributed by atoms with E-state index in [4.69, 9.17) is 33.7 Å². The molecule has 0 fully saturated rings. The van der Waals surface area contributed by atoms with Crippen molar-refractivity contribution in [3.63, 3.8) is 0 Å². The van der Waals surface area contributed by atoms with Gasteiger partial charge in [-0.2, -0.15) is 0 Å². The second kappa shape index (κ2) is 4.27. The van der Waals surface area contributed by atoms with Crippen LogP contribution >= 0.6 is 23.2 Å². The summed E-state index contributed by atoms with van der Waals surface area (Å²) < 4.78 is 5.57. The Hall–Kier alpha value is -1.13. The number of nitrogen functional groups attached to an aromatic ring is 1. The molecular formula is C11H12Cl2N2O2. The number of benzene rings is 1. The molecule has 0 aliphatic carbocycles. The zero-order valence-electron chi connectivity index (χ0n) is 9.46. The number of ether oxygens (including phenoxy) is 1. The molecule has 0 saturated heterocycles. The highest BCUT2D eigenvalue weighted by atomic mass is 35.5. The molecule has 0 bridgehead atoms. The van der Waals surface area contributed by atoms with Crippen LogP contribution in [0.1, 0.15) is 13.3 Å². The molecule has 0 saturated carbocycles. The number of anilines is 2. The van der Waals surface area contributed by atoms with E-state index in [0.29, 0.717) is 23.5 Å². The minimum atomic E-state index is -0.523. The summed E-state index contributed by atoms with van der Waals surface area (Å²) in [6, 6.07) is 1.59. The second-order valence-corrected chi connectivity index (χ2v) is 4.61. The quantitative estimate of drug-likeness (QED) is 0.802. The van der Waals surface area contributed by atoms with Crippen LogP contribution in [-0.4, -0.2) is 19.1 Å². The lowest BCUT2D eigenvalue weighted by molar-refractivity contribution is -0.126. The number of amides is 1. The van der Waals surface area contributed by atoms with Gasteiger partial charge in [-0.25, -0.2) is 0 Å². The number of halogens is 2. The molecule has 1 heterocycles. The van der Waals surface area contributed by atoms with Gasteiger partial charge in [-0.3, -0.25) is 4.79 Å². The number of rotatable bonds is 1. The fraction of sp³-hybridized carbons (Fsp3) is 0.364. The van der Waals surface area contributed by atoms with Crippen molar-refractivity contribution in [1.82, 2.24) is 0 Å². The standard InChI is InChI=1S/C11H12Cl2N2O2/c1-3-7-11(16)15(2)6-4-5(14)8(12)9(13)10(6)17-7/h4,7H,3,14H2,1-2H3. The van der Waals surface area contributed by atoms with Crippen molar-refractivity contribution in [2.75, 3.05) is 17.7 Å². The van der Waals surface area contributed by atoms with Crippen LogP contribution in [0.4, 0.5) is 11.4 Å². The maximum absolute atomic E-state index is 11.9. The molecule has 2 rings (SSSR count). The zero-order chi connectivity index (χ0) is 12.7. The molecular weight excluding hydrogens is 263 g/mol. The molecule has 1 aliphatic heterocycles. The van der Waals surface area contributed by atoms with E-state index in [1.165, 1.54) is 4.90 Å². The van der Waals surface area contributed by atoms with Crippen LogP contribution in [0.5, 0.6) is 5.75 Å². The van der Waals surface area contributed by atoms with Crippen molar-refractivity contribution >= 4 is 40.5 Å². The topological polar surface area (TPSA) is 55.6 Å². The number of hydrogen-bond acceptors (Lipinski definition) is 3. The predicted octanol–water partition coefficient (Wildman–Crippen LogP) is 2.71. The lowest BCUT2D eigenvalue weighted by Crippen LogP contribution is -2.43. The minimum absolute atomic E-state index is 0.113. The molecule has 1 amide bonds. The number of likely N-dealkylation sites (N-methyl/N-ethyl adjacent to an activating group) is 1. The molecule has 1 atom stereocenters. The van der Waals surface area contributed by atoms with E-state index in [-0.39, 0.29) is 16.0 Å². The van der Waals surface area contributed by atoms with Crippen molar-refractivity contribution in [2.24, 2.45) is 0 Å². The van der Waals surface area contributed by atoms with Crippen LogP contribution in [0, 0.1) is 0 Å². The third-order valence-corrected chi connectivity index (χ3v) is 3.63. The largest absolute Gasteiger partial charge is 0.477 e. The Bertz CT molecular complexity index is 491. The number of carbonyl (C=O) groups excluding carboxylic acids is 1. The van der Waals surface area contributed by atoms with Gasteiger partial charge in [-0.1, -0.05) is 30.1 Å². The average molecular weight is 275 g/mol. The highest BCUT2D eigenvalue weighted by molar-refractivity contribution is 6.45. The fourth-order valence-corrected chi connectivity index (χ4v) is 2.15. The van der Waals surface area contributed by atoms with Crippen LogP contribution in [0.25, 0.3) is 0 Å². The summed E-state index contributed by atoms with van der Waals surface area (Å²) in [5, 5.41) is 0.502. The van der Waals surface area contributed by atoms with Crippen LogP contribution in [0.2, 0.25) is 10.0 Å². The van der Waals surface area contributed by atoms with Crippen LogP contribution in [0.15, 0.2) is 6.07 Å². The molecule has 92 valence electrons. The van der Waals surface area contributed by atoms with Crippen molar-refractivity contribution in [1.29, 1.82) is 0 Å². The first kappa shape index (κ1) is 12.3. The third kappa shape index (κ3) is 1.81. The van der Waals surface area contributed by atoms with Gasteiger partial charge in [0.15, 0.2) is 11.9 Å². The Morgan fingerprint density at radius 1 is 1.47 bits per heavy atom. The zero-order valence-corrected chi connectivity index (χ0v) is 11.0. The highest BCUT2D eigenvalue weighted by Gasteiger charge is 2.33. The van der Waals surface area contributed by atoms with Gasteiger partial charge in [0.05, 0.1) is 16.4 Å². The summed E-state index contributed by atoms with van der Waals surface area (Å²) in [4.78, 5) is 13.4. The highest BCUT2D eigenvalue weighted by Crippen LogP contribution is 2.46. The maximum Gasteiger partial charge on any atom is 0.267 e. The molecule has 2 N–H and O–H groups in total. The van der Waals surface area contributed by atoms with Gasteiger partial charge in [0, 0.05) is 7.05 Å². The second-order valence-electron chi connectivity index (χ2n) is 3.85. The first-order chi connectivity index (χ1) is 7.97. The summed E-state index contributed by atoms with van der Waals surface area (Å²) in [6.07, 6.45) is 0.0469. The van der Waals surface area contributed by atoms with Gasteiger partial charge in [-0.05, 0) is 12.5 Å². The first-order valence-electron chi connectivity index (χ1n) is 5.19. The predicted molar refractivity (Wildman–Crippen MR) is 69.0 cm³/mol. The van der Waals surface area contributed by atoms with Crippen LogP contribution in [-0.2, 0) is 4.79 Å². The molecule has 1 unspecified atom stereocenters. The van der Waals surface area contributed by atoms with Crippen molar-refractivity contribution in [3.8, 4) is 5.75 Å². The van der Waals surface area contributed by atoms with Gasteiger partial charge in [0.2, 0.25) is 0 Å². The molecule has 6 heteroatoms. The minimum Gasteiger partial charge on any atom is -0.477 e. The maximum atomic E-state index is 11.9. The molecule has 1 aromatic rings. The summed E-state index contributed by atoms with van der Waals surface area (Å²) in [7, 11) is 1.66. The molecule has 17 heavy (non-hydrogen) atoms. The molecule has 4 nitrogen and oxygen atoms in total. The summed E-state index contributed by atoms with van der Waals surface area (Å²) in [5.41, 5.74) is 6.58. The number of fused-ring (bicyclic) bond motifs is 1. The third-order valence-electron chi connectivity index (χ3n) is 2.77. The average Bonchev–Trinajstić information content (AvgIpc) is 2.32. The number of nitrogens with zero attached hydrogens (tertiary/aromatic N) is 1. The van der Waals surface area contributed by atoms with Crippen LogP contribution in [0.3, 0.4) is 0 Å². The fourth-order valence-electron chi connectivity index (χ4n) is 1.76. The Labute approximate surface area is 109 Å². The summed E-state index contributed by atoms with van der Waals surface area (Å²) in [5.74, 6) is 0.303. The Morgan fingerprint density at radius 2 is 2.12 bits per heavy atom. The van der Waals surface area contributed by atoms with Gasteiger partial charge in [0.25, 0.3) is 5.91 Å². The van der Waals surface area contributed by atoms with E-state index in [9.17, 15) is 4.79 Å². The van der Waals surface area contributed by atoms with Gasteiger partial charge >= 0.3 is 0 Å². The smallest absolute Gasteiger partial charge is 0.267 e. The van der Waals surface area contributed by atoms with Gasteiger partial charge in [-0.15, -0.1) is 0 Å². The van der Waals surface area contributed by atoms with E-state index >= 15 is 0 Å². The van der Waals surface area contributed by atoms with E-state index < -0.39 is 6.10 Å². The molecule has 0 spiro atoms. The summed E-state index contributed by atoms with van der Waals surface area (Å²) >= 11 is 12.0. The Morgan fingerprint density at radius 3 is 2.71 bits per heavy atom. The number of hydrogen-bond donors (Lipinski definition) is 1. The molecule has 1 aliphatic rings. The van der Waals surface area contributed by atoms with E-state index in [1.54, 1.807) is 13.1 Å². The lowest BCUT2D eigenvalue weighted by atomic mass is 10.1. The molecule has 0 radical (unpaired) electrons. The van der Waals surface area contributed by atoms with Gasteiger partial charge < -0.3 is 15.4 Å². The van der Waals surface area contributed by atoms with Crippen molar-refractivity contribution in [3.05, 3.63) is 16.1 Å². The Balaban J connectivity index is 2.61. The molecule has 0 aromatic heterocycles. The molecule has 1 aromatic carbocycles. The van der Waals surface area contributed by atoms with Crippen molar-refractivity contribution in [2.45, 2.75) is 19.4 Å². The van der Waals surface area contributed by atoms with E-state index in [2.05, 4.69) is 0 Å². The van der Waals surface area contributed by atoms with E-state index in [1.807, 2.05) is 6.92 Å². The van der Waals surface area contributed by atoms with Crippen LogP contribution < -0.4 is 15.4 Å². The first-order valence-corrected chi connectivity index (χ1v) is 5.94. The summed E-state index contributed by atoms with van der Waals surface area (Å²) in [6.45, 7) is 1.87.